The summed E-state index contributed by atoms with van der Waals surface area (Å²) in [5.74, 6) is 0. The molecule has 2 unspecified atom stereocenters. The van der Waals surface area contributed by atoms with Crippen molar-refractivity contribution in [1.82, 2.24) is 4.98 Å². The summed E-state index contributed by atoms with van der Waals surface area (Å²) in [6, 6.07) is 13.6. The standard InChI is InChI=1S/C14H15N3OS/c1-11(12-6-4-5-9-15-12)19(18)17-10-16-13-7-2-3-8-14(13)17/h2-9,11,16H,10H2,1H3. The van der Waals surface area contributed by atoms with Crippen LogP contribution >= 0.6 is 0 Å². The molecule has 0 bridgehead atoms. The van der Waals surface area contributed by atoms with Gasteiger partial charge in [-0.15, -0.1) is 0 Å². The summed E-state index contributed by atoms with van der Waals surface area (Å²) < 4.78 is 14.5. The molecule has 4 nitrogen and oxygen atoms in total. The second kappa shape index (κ2) is 5.01. The molecule has 0 spiro atoms. The quantitative estimate of drug-likeness (QED) is 0.935. The third-order valence-electron chi connectivity index (χ3n) is 3.21. The summed E-state index contributed by atoms with van der Waals surface area (Å²) in [5, 5.41) is 3.12. The van der Waals surface area contributed by atoms with Gasteiger partial charge in [0.1, 0.15) is 17.7 Å². The maximum atomic E-state index is 12.7. The van der Waals surface area contributed by atoms with Crippen LogP contribution in [0.25, 0.3) is 0 Å². The number of para-hydroxylation sites is 2. The lowest BCUT2D eigenvalue weighted by Gasteiger charge is -2.21. The third-order valence-corrected chi connectivity index (χ3v) is 4.82. The number of hydrogen-bond acceptors (Lipinski definition) is 3. The molecule has 0 saturated carbocycles. The van der Waals surface area contributed by atoms with Crippen molar-refractivity contribution in [2.45, 2.75) is 12.2 Å². The van der Waals surface area contributed by atoms with E-state index in [1.165, 1.54) is 0 Å². The number of fused-ring (bicyclic) bond motifs is 1. The van der Waals surface area contributed by atoms with Crippen molar-refractivity contribution in [3.8, 4) is 0 Å². The molecule has 2 atom stereocenters. The molecule has 19 heavy (non-hydrogen) atoms. The normalized spacial score (nSPS) is 16.6. The van der Waals surface area contributed by atoms with Crippen molar-refractivity contribution in [2.75, 3.05) is 16.3 Å². The van der Waals surface area contributed by atoms with Gasteiger partial charge >= 0.3 is 0 Å². The van der Waals surface area contributed by atoms with Crippen molar-refractivity contribution >= 4 is 22.4 Å². The van der Waals surface area contributed by atoms with E-state index in [-0.39, 0.29) is 5.25 Å². The molecule has 2 aromatic rings. The molecule has 1 N–H and O–H groups in total. The zero-order chi connectivity index (χ0) is 13.2. The van der Waals surface area contributed by atoms with E-state index in [9.17, 15) is 4.21 Å². The maximum Gasteiger partial charge on any atom is 0.130 e. The first-order valence-electron chi connectivity index (χ1n) is 6.19. The number of anilines is 2. The first kappa shape index (κ1) is 12.2. The molecule has 0 fully saturated rings. The van der Waals surface area contributed by atoms with Crippen molar-refractivity contribution in [1.29, 1.82) is 0 Å². The van der Waals surface area contributed by atoms with Gasteiger partial charge in [-0.3, -0.25) is 9.29 Å². The highest BCUT2D eigenvalue weighted by Crippen LogP contribution is 2.34. The molecule has 1 aromatic heterocycles. The fourth-order valence-corrected chi connectivity index (χ4v) is 3.43. The van der Waals surface area contributed by atoms with Gasteiger partial charge in [-0.25, -0.2) is 4.21 Å². The smallest absolute Gasteiger partial charge is 0.130 e. The van der Waals surface area contributed by atoms with Gasteiger partial charge in [0.2, 0.25) is 0 Å². The van der Waals surface area contributed by atoms with Crippen LogP contribution in [0.2, 0.25) is 0 Å². The first-order chi connectivity index (χ1) is 9.27. The van der Waals surface area contributed by atoms with Gasteiger partial charge < -0.3 is 5.32 Å². The average molecular weight is 273 g/mol. The van der Waals surface area contributed by atoms with Gasteiger partial charge in [-0.1, -0.05) is 18.2 Å². The number of nitrogens with one attached hydrogen (secondary N) is 1. The summed E-state index contributed by atoms with van der Waals surface area (Å²) in [6.45, 7) is 2.52. The lowest BCUT2D eigenvalue weighted by Crippen LogP contribution is -2.28. The molecular weight excluding hydrogens is 258 g/mol. The lowest BCUT2D eigenvalue weighted by atomic mass is 10.3. The third kappa shape index (κ3) is 2.21. The Morgan fingerprint density at radius 1 is 1.26 bits per heavy atom. The molecule has 2 heterocycles. The van der Waals surface area contributed by atoms with Crippen LogP contribution < -0.4 is 9.62 Å². The van der Waals surface area contributed by atoms with Crippen LogP contribution in [0.1, 0.15) is 17.9 Å². The van der Waals surface area contributed by atoms with E-state index in [0.717, 1.165) is 17.1 Å². The minimum absolute atomic E-state index is 0.130. The SMILES string of the molecule is CC(c1ccccn1)S(=O)N1CNc2ccccc21. The largest absolute Gasteiger partial charge is 0.365 e. The van der Waals surface area contributed by atoms with E-state index >= 15 is 0 Å². The average Bonchev–Trinajstić information content (AvgIpc) is 2.90. The Hall–Kier alpha value is -1.88. The summed E-state index contributed by atoms with van der Waals surface area (Å²) in [5.41, 5.74) is 2.87. The Morgan fingerprint density at radius 3 is 2.84 bits per heavy atom. The second-order valence-electron chi connectivity index (χ2n) is 4.40. The van der Waals surface area contributed by atoms with Crippen LogP contribution in [0.3, 0.4) is 0 Å². The van der Waals surface area contributed by atoms with Crippen molar-refractivity contribution in [2.24, 2.45) is 0 Å². The van der Waals surface area contributed by atoms with Gasteiger partial charge in [0.15, 0.2) is 0 Å². The number of pyridine rings is 1. The molecule has 1 aliphatic rings. The molecule has 0 amide bonds. The Kier molecular flexibility index (Phi) is 3.21. The molecule has 1 aromatic carbocycles. The van der Waals surface area contributed by atoms with Crippen molar-refractivity contribution in [3.63, 3.8) is 0 Å². The number of aromatic nitrogens is 1. The lowest BCUT2D eigenvalue weighted by molar-refractivity contribution is 0.672. The van der Waals surface area contributed by atoms with Crippen LogP contribution in [0.4, 0.5) is 11.4 Å². The molecular formula is C14H15N3OS. The summed E-state index contributed by atoms with van der Waals surface area (Å²) >= 11 is 0. The molecule has 0 saturated heterocycles. The predicted molar refractivity (Wildman–Crippen MR) is 78.2 cm³/mol. The van der Waals surface area contributed by atoms with Gasteiger partial charge in [-0.2, -0.15) is 0 Å². The van der Waals surface area contributed by atoms with E-state index < -0.39 is 11.0 Å². The van der Waals surface area contributed by atoms with E-state index in [2.05, 4.69) is 10.3 Å². The van der Waals surface area contributed by atoms with E-state index in [1.807, 2.05) is 53.7 Å². The predicted octanol–water partition coefficient (Wildman–Crippen LogP) is 2.70. The molecule has 0 radical (unpaired) electrons. The minimum atomic E-state index is -1.14. The number of rotatable bonds is 3. The summed E-state index contributed by atoms with van der Waals surface area (Å²) in [4.78, 5) is 4.29. The molecule has 5 heteroatoms. The van der Waals surface area contributed by atoms with Crippen LogP contribution in [0.5, 0.6) is 0 Å². The highest BCUT2D eigenvalue weighted by Gasteiger charge is 2.27. The van der Waals surface area contributed by atoms with Crippen LogP contribution in [-0.2, 0) is 11.0 Å². The molecule has 0 aliphatic carbocycles. The van der Waals surface area contributed by atoms with Crippen LogP contribution in [0.15, 0.2) is 48.7 Å². The number of nitrogens with zero attached hydrogens (tertiary/aromatic N) is 2. The van der Waals surface area contributed by atoms with E-state index in [0.29, 0.717) is 6.67 Å². The second-order valence-corrected chi connectivity index (χ2v) is 6.10. The monoisotopic (exact) mass is 273 g/mol. The molecule has 98 valence electrons. The highest BCUT2D eigenvalue weighted by atomic mass is 32.2. The minimum Gasteiger partial charge on any atom is -0.365 e. The van der Waals surface area contributed by atoms with E-state index in [4.69, 9.17) is 0 Å². The number of hydrogen-bond donors (Lipinski definition) is 1. The van der Waals surface area contributed by atoms with Crippen molar-refractivity contribution < 1.29 is 4.21 Å². The zero-order valence-electron chi connectivity index (χ0n) is 10.6. The van der Waals surface area contributed by atoms with Gasteiger partial charge in [-0.05, 0) is 31.2 Å². The van der Waals surface area contributed by atoms with E-state index in [1.54, 1.807) is 6.20 Å². The van der Waals surface area contributed by atoms with Crippen LogP contribution in [0, 0.1) is 0 Å². The van der Waals surface area contributed by atoms with Crippen molar-refractivity contribution in [3.05, 3.63) is 54.4 Å². The Morgan fingerprint density at radius 2 is 2.05 bits per heavy atom. The Labute approximate surface area is 115 Å². The first-order valence-corrected chi connectivity index (χ1v) is 7.36. The molecule has 1 aliphatic heterocycles. The fourth-order valence-electron chi connectivity index (χ4n) is 2.15. The summed E-state index contributed by atoms with van der Waals surface area (Å²) in [7, 11) is -1.14. The van der Waals surface area contributed by atoms with Gasteiger partial charge in [0.05, 0.1) is 22.3 Å². The molecule has 3 rings (SSSR count). The topological polar surface area (TPSA) is 45.2 Å². The highest BCUT2D eigenvalue weighted by molar-refractivity contribution is 7.86. The summed E-state index contributed by atoms with van der Waals surface area (Å²) in [6.07, 6.45) is 1.74. The fraction of sp³-hybridized carbons (Fsp3) is 0.214. The Balaban J connectivity index is 1.86. The Bertz CT molecular complexity index is 603. The van der Waals surface area contributed by atoms with Gasteiger partial charge in [0, 0.05) is 6.20 Å². The van der Waals surface area contributed by atoms with Gasteiger partial charge in [0.25, 0.3) is 0 Å². The van der Waals surface area contributed by atoms with Crippen LogP contribution in [-0.4, -0.2) is 15.9 Å². The maximum absolute atomic E-state index is 12.7. The zero-order valence-corrected chi connectivity index (χ0v) is 11.4. The number of benzene rings is 1.